The molecule has 1 aliphatic rings. The molecule has 0 bridgehead atoms. The van der Waals surface area contributed by atoms with E-state index in [-0.39, 0.29) is 5.54 Å². The molecule has 0 radical (unpaired) electrons. The molecule has 0 unspecified atom stereocenters. The third-order valence-corrected chi connectivity index (χ3v) is 6.47. The third-order valence-electron chi connectivity index (χ3n) is 3.84. The van der Waals surface area contributed by atoms with Crippen molar-refractivity contribution in [1.29, 1.82) is 0 Å². The molecule has 0 saturated heterocycles. The Balaban J connectivity index is 2.07. The molecule has 2 aromatic carbocycles. The second-order valence-electron chi connectivity index (χ2n) is 6.67. The summed E-state index contributed by atoms with van der Waals surface area (Å²) in [5.41, 5.74) is 6.58. The highest BCUT2D eigenvalue weighted by atomic mass is 28.3. The summed E-state index contributed by atoms with van der Waals surface area (Å²) < 4.78 is 0. The summed E-state index contributed by atoms with van der Waals surface area (Å²) in [5.74, 6) is 0. The van der Waals surface area contributed by atoms with Gasteiger partial charge in [0, 0.05) is 0 Å². The minimum absolute atomic E-state index is 0.176. The average molecular weight is 280 g/mol. The van der Waals surface area contributed by atoms with E-state index in [1.807, 2.05) is 0 Å². The van der Waals surface area contributed by atoms with Crippen LogP contribution in [0, 0.1) is 0 Å². The largest absolute Gasteiger partial charge is 0.482 e. The summed E-state index contributed by atoms with van der Waals surface area (Å²) in [6.45, 7) is 9.18. The van der Waals surface area contributed by atoms with Gasteiger partial charge in [-0.05, 0) is 16.7 Å². The van der Waals surface area contributed by atoms with Crippen LogP contribution in [0.2, 0.25) is 6.55 Å². The Morgan fingerprint density at radius 1 is 0.850 bits per heavy atom. The lowest BCUT2D eigenvalue weighted by molar-refractivity contribution is 0.515. The average Bonchev–Trinajstić information content (AvgIpc) is 2.71. The molecule has 1 nitrogen and oxygen atoms in total. The van der Waals surface area contributed by atoms with E-state index in [9.17, 15) is 0 Å². The van der Waals surface area contributed by atoms with Crippen molar-refractivity contribution in [3.05, 3.63) is 59.7 Å². The van der Waals surface area contributed by atoms with E-state index in [1.54, 1.807) is 0 Å². The molecule has 104 valence electrons. The minimum atomic E-state index is -0.698. The Morgan fingerprint density at radius 3 is 1.75 bits per heavy atom. The summed E-state index contributed by atoms with van der Waals surface area (Å²) >= 11 is 0. The zero-order valence-corrected chi connectivity index (χ0v) is 13.7. The smallest absolute Gasteiger partial charge is 0.0174 e. The van der Waals surface area contributed by atoms with Crippen LogP contribution in [0.25, 0.3) is 11.1 Å². The van der Waals surface area contributed by atoms with E-state index in [4.69, 9.17) is 0 Å². The fraction of sp³-hybridized carbons (Fsp3) is 0.333. The van der Waals surface area contributed by atoms with Crippen LogP contribution in [0.1, 0.15) is 37.4 Å². The standard InChI is InChI=1S/C18H22NSi/c1-18(2,3)19-20(4)17-15-11-7-5-9-13(15)14-10-6-8-12-16(14)17/h5-12,17,19H,1-4H3/q-1. The summed E-state index contributed by atoms with van der Waals surface area (Å²) in [5, 5.41) is 0. The molecule has 0 spiro atoms. The molecule has 0 amide bonds. The predicted octanol–water partition coefficient (Wildman–Crippen LogP) is 4.35. The maximum absolute atomic E-state index is 3.84. The van der Waals surface area contributed by atoms with Crippen LogP contribution in [-0.2, 0) is 0 Å². The monoisotopic (exact) mass is 280 g/mol. The number of fused-ring (bicyclic) bond motifs is 3. The molecule has 0 heterocycles. The Kier molecular flexibility index (Phi) is 3.31. The summed E-state index contributed by atoms with van der Waals surface area (Å²) in [7, 11) is -0.698. The highest BCUT2D eigenvalue weighted by Gasteiger charge is 2.26. The van der Waals surface area contributed by atoms with Crippen molar-refractivity contribution in [1.82, 2.24) is 4.98 Å². The minimum Gasteiger partial charge on any atom is -0.482 e. The normalized spacial score (nSPS) is 14.4. The van der Waals surface area contributed by atoms with E-state index < -0.39 is 8.96 Å². The van der Waals surface area contributed by atoms with E-state index >= 15 is 0 Å². The molecule has 20 heavy (non-hydrogen) atoms. The highest BCUT2D eigenvalue weighted by Crippen LogP contribution is 2.45. The SMILES string of the molecule is C[Si-](NC(C)(C)C)C1c2ccccc2-c2ccccc21. The van der Waals surface area contributed by atoms with Gasteiger partial charge >= 0.3 is 0 Å². The number of benzene rings is 2. The summed E-state index contributed by atoms with van der Waals surface area (Å²) in [4.78, 5) is 3.84. The second-order valence-corrected chi connectivity index (χ2v) is 8.86. The summed E-state index contributed by atoms with van der Waals surface area (Å²) in [6.07, 6.45) is 0. The molecular formula is C18H22NSi-. The molecular weight excluding hydrogens is 258 g/mol. The number of nitrogens with one attached hydrogen (secondary N) is 1. The van der Waals surface area contributed by atoms with Crippen molar-refractivity contribution in [2.24, 2.45) is 0 Å². The van der Waals surface area contributed by atoms with Crippen LogP contribution in [0.3, 0.4) is 0 Å². The van der Waals surface area contributed by atoms with E-state index in [1.165, 1.54) is 22.3 Å². The summed E-state index contributed by atoms with van der Waals surface area (Å²) in [6, 6.07) is 17.8. The maximum atomic E-state index is 3.84. The Morgan fingerprint density at radius 2 is 1.30 bits per heavy atom. The van der Waals surface area contributed by atoms with E-state index in [0.717, 1.165) is 0 Å². The molecule has 1 N–H and O–H groups in total. The van der Waals surface area contributed by atoms with E-state index in [2.05, 4.69) is 80.8 Å². The molecule has 1 aliphatic carbocycles. The first kappa shape index (κ1) is 13.6. The first-order chi connectivity index (χ1) is 9.47. The van der Waals surface area contributed by atoms with Crippen molar-refractivity contribution < 1.29 is 0 Å². The van der Waals surface area contributed by atoms with Crippen molar-refractivity contribution in [2.75, 3.05) is 0 Å². The van der Waals surface area contributed by atoms with Gasteiger partial charge in [0.1, 0.15) is 0 Å². The van der Waals surface area contributed by atoms with Crippen molar-refractivity contribution in [3.8, 4) is 11.1 Å². The first-order valence-electron chi connectivity index (χ1n) is 7.27. The lowest BCUT2D eigenvalue weighted by Gasteiger charge is -2.41. The van der Waals surface area contributed by atoms with Crippen LogP contribution < -0.4 is 4.98 Å². The van der Waals surface area contributed by atoms with Gasteiger partial charge in [-0.3, -0.25) is 0 Å². The first-order valence-corrected chi connectivity index (χ1v) is 9.35. The van der Waals surface area contributed by atoms with Gasteiger partial charge in [0.2, 0.25) is 0 Å². The molecule has 0 atom stereocenters. The lowest BCUT2D eigenvalue weighted by atomic mass is 10.1. The van der Waals surface area contributed by atoms with Crippen molar-refractivity contribution in [3.63, 3.8) is 0 Å². The van der Waals surface area contributed by atoms with Crippen LogP contribution in [0.5, 0.6) is 0 Å². The van der Waals surface area contributed by atoms with E-state index in [0.29, 0.717) is 5.54 Å². The topological polar surface area (TPSA) is 12.0 Å². The fourth-order valence-corrected chi connectivity index (χ4v) is 6.05. The van der Waals surface area contributed by atoms with Gasteiger partial charge in [-0.25, -0.2) is 0 Å². The van der Waals surface area contributed by atoms with Gasteiger partial charge in [0.15, 0.2) is 0 Å². The molecule has 0 fully saturated rings. The molecule has 2 heteroatoms. The van der Waals surface area contributed by atoms with Crippen LogP contribution in [0.4, 0.5) is 0 Å². The fourth-order valence-electron chi connectivity index (χ4n) is 3.29. The third kappa shape index (κ3) is 2.34. The van der Waals surface area contributed by atoms with Gasteiger partial charge in [0.05, 0.1) is 0 Å². The van der Waals surface area contributed by atoms with Crippen molar-refractivity contribution >= 4 is 8.96 Å². The highest BCUT2D eigenvalue weighted by molar-refractivity contribution is 6.58. The number of hydrogen-bond acceptors (Lipinski definition) is 1. The van der Waals surface area contributed by atoms with Gasteiger partial charge in [-0.15, -0.1) is 5.54 Å². The van der Waals surface area contributed by atoms with Crippen LogP contribution in [0.15, 0.2) is 48.5 Å². The Bertz CT molecular complexity index is 582. The van der Waals surface area contributed by atoms with Crippen LogP contribution in [-0.4, -0.2) is 14.5 Å². The molecule has 0 saturated carbocycles. The van der Waals surface area contributed by atoms with Gasteiger partial charge < -0.3 is 4.98 Å². The second kappa shape index (κ2) is 4.87. The van der Waals surface area contributed by atoms with Gasteiger partial charge in [-0.1, -0.05) is 80.4 Å². The van der Waals surface area contributed by atoms with Gasteiger partial charge in [-0.2, -0.15) is 15.5 Å². The van der Waals surface area contributed by atoms with Crippen LogP contribution >= 0.6 is 0 Å². The Labute approximate surface area is 123 Å². The van der Waals surface area contributed by atoms with Crippen molar-refractivity contribution in [2.45, 2.75) is 38.4 Å². The molecule has 0 aliphatic heterocycles. The zero-order valence-electron chi connectivity index (χ0n) is 12.7. The lowest BCUT2D eigenvalue weighted by Crippen LogP contribution is -2.48. The number of rotatable bonds is 2. The number of hydrogen-bond donors (Lipinski definition) is 1. The van der Waals surface area contributed by atoms with Gasteiger partial charge in [0.25, 0.3) is 0 Å². The Hall–Kier alpha value is -1.38. The molecule has 3 rings (SSSR count). The zero-order chi connectivity index (χ0) is 14.3. The molecule has 0 aromatic heterocycles. The maximum Gasteiger partial charge on any atom is -0.0174 e. The predicted molar refractivity (Wildman–Crippen MR) is 88.2 cm³/mol. The molecule has 2 aromatic rings. The quantitative estimate of drug-likeness (QED) is 0.807.